The maximum Gasteiger partial charge on any atom is 0.416 e. The maximum absolute atomic E-state index is 12.6. The van der Waals surface area contributed by atoms with Crippen LogP contribution in [0.5, 0.6) is 0 Å². The smallest absolute Gasteiger partial charge is 0.384 e. The minimum Gasteiger partial charge on any atom is -0.384 e. The highest BCUT2D eigenvalue weighted by Gasteiger charge is 2.30. The van der Waals surface area contributed by atoms with Gasteiger partial charge in [-0.3, -0.25) is 4.79 Å². The average Bonchev–Trinajstić information content (AvgIpc) is 2.93. The van der Waals surface area contributed by atoms with Crippen LogP contribution in [0.2, 0.25) is 0 Å². The lowest BCUT2D eigenvalue weighted by molar-refractivity contribution is -0.137. The fourth-order valence-corrected chi connectivity index (χ4v) is 3.01. The minimum absolute atomic E-state index is 0.0156. The van der Waals surface area contributed by atoms with E-state index in [1.807, 2.05) is 0 Å². The number of nitrogens with one attached hydrogen (secondary N) is 1. The van der Waals surface area contributed by atoms with Crippen molar-refractivity contribution in [3.63, 3.8) is 0 Å². The second-order valence-electron chi connectivity index (χ2n) is 5.80. The SMILES string of the molecule is O=c1ccon1[C@H]1CCN[C@@H](Cc2ccc(C(F)(F)F)cc2)C1. The second-order valence-corrected chi connectivity index (χ2v) is 5.80. The van der Waals surface area contributed by atoms with E-state index in [-0.39, 0.29) is 17.6 Å². The van der Waals surface area contributed by atoms with Crippen LogP contribution in [0.4, 0.5) is 13.2 Å². The van der Waals surface area contributed by atoms with E-state index >= 15 is 0 Å². The van der Waals surface area contributed by atoms with Crippen molar-refractivity contribution in [2.75, 3.05) is 6.54 Å². The van der Waals surface area contributed by atoms with Gasteiger partial charge in [-0.2, -0.15) is 17.9 Å². The van der Waals surface area contributed by atoms with Gasteiger partial charge in [0, 0.05) is 12.1 Å². The maximum atomic E-state index is 12.6. The number of alkyl halides is 3. The lowest BCUT2D eigenvalue weighted by Crippen LogP contribution is -2.41. The molecule has 1 aliphatic rings. The van der Waals surface area contributed by atoms with Crippen LogP contribution in [-0.2, 0) is 12.6 Å². The van der Waals surface area contributed by atoms with E-state index in [1.54, 1.807) is 0 Å². The van der Waals surface area contributed by atoms with Crippen molar-refractivity contribution in [1.29, 1.82) is 0 Å². The van der Waals surface area contributed by atoms with Crippen molar-refractivity contribution in [1.82, 2.24) is 10.1 Å². The van der Waals surface area contributed by atoms with Gasteiger partial charge in [0.05, 0.1) is 11.6 Å². The molecule has 1 aliphatic heterocycles. The molecule has 2 aromatic rings. The summed E-state index contributed by atoms with van der Waals surface area (Å²) in [5.41, 5.74) is 0.0333. The Balaban J connectivity index is 1.66. The van der Waals surface area contributed by atoms with Crippen molar-refractivity contribution >= 4 is 0 Å². The molecular weight excluding hydrogens is 309 g/mol. The fourth-order valence-electron chi connectivity index (χ4n) is 3.01. The van der Waals surface area contributed by atoms with E-state index in [2.05, 4.69) is 5.32 Å². The Morgan fingerprint density at radius 3 is 2.57 bits per heavy atom. The zero-order valence-electron chi connectivity index (χ0n) is 12.3. The quantitative estimate of drug-likeness (QED) is 0.943. The predicted octanol–water partition coefficient (Wildman–Crippen LogP) is 3.00. The lowest BCUT2D eigenvalue weighted by atomic mass is 9.94. The van der Waals surface area contributed by atoms with Crippen LogP contribution in [0, 0.1) is 0 Å². The van der Waals surface area contributed by atoms with Gasteiger partial charge >= 0.3 is 6.18 Å². The van der Waals surface area contributed by atoms with Crippen molar-refractivity contribution in [3.8, 4) is 0 Å². The summed E-state index contributed by atoms with van der Waals surface area (Å²) in [7, 11) is 0. The van der Waals surface area contributed by atoms with Gasteiger partial charge < -0.3 is 9.84 Å². The first-order valence-corrected chi connectivity index (χ1v) is 7.49. The highest BCUT2D eigenvalue weighted by atomic mass is 19.4. The largest absolute Gasteiger partial charge is 0.416 e. The topological polar surface area (TPSA) is 47.2 Å². The summed E-state index contributed by atoms with van der Waals surface area (Å²) in [4.78, 5) is 11.7. The average molecular weight is 326 g/mol. The van der Waals surface area contributed by atoms with Gasteiger partial charge in [0.1, 0.15) is 6.26 Å². The molecule has 0 saturated carbocycles. The summed E-state index contributed by atoms with van der Waals surface area (Å²) >= 11 is 0. The Hall–Kier alpha value is -2.02. The van der Waals surface area contributed by atoms with E-state index in [1.165, 1.54) is 29.2 Å². The number of benzene rings is 1. The van der Waals surface area contributed by atoms with Gasteiger partial charge in [-0.1, -0.05) is 12.1 Å². The van der Waals surface area contributed by atoms with E-state index in [9.17, 15) is 18.0 Å². The molecule has 0 radical (unpaired) electrons. The second kappa shape index (κ2) is 6.23. The zero-order valence-corrected chi connectivity index (χ0v) is 12.3. The third kappa shape index (κ3) is 3.67. The highest BCUT2D eigenvalue weighted by Crippen LogP contribution is 2.29. The van der Waals surface area contributed by atoms with E-state index in [4.69, 9.17) is 4.52 Å². The predicted molar refractivity (Wildman–Crippen MR) is 78.2 cm³/mol. The highest BCUT2D eigenvalue weighted by molar-refractivity contribution is 5.25. The van der Waals surface area contributed by atoms with Crippen LogP contribution in [0.3, 0.4) is 0 Å². The van der Waals surface area contributed by atoms with Crippen LogP contribution < -0.4 is 10.9 Å². The summed E-state index contributed by atoms with van der Waals surface area (Å²) in [5, 5.41) is 3.34. The molecule has 23 heavy (non-hydrogen) atoms. The van der Waals surface area contributed by atoms with E-state index in [0.717, 1.165) is 30.7 Å². The monoisotopic (exact) mass is 326 g/mol. The van der Waals surface area contributed by atoms with Crippen molar-refractivity contribution < 1.29 is 17.7 Å². The van der Waals surface area contributed by atoms with Gasteiger partial charge in [-0.25, -0.2) is 0 Å². The van der Waals surface area contributed by atoms with Crippen LogP contribution in [0.1, 0.15) is 30.0 Å². The number of nitrogens with zero attached hydrogens (tertiary/aromatic N) is 1. The lowest BCUT2D eigenvalue weighted by Gasteiger charge is -2.30. The van der Waals surface area contributed by atoms with Crippen LogP contribution in [-0.4, -0.2) is 17.3 Å². The first kappa shape index (κ1) is 15.9. The van der Waals surface area contributed by atoms with Crippen molar-refractivity contribution in [3.05, 3.63) is 58.1 Å². The molecule has 0 unspecified atom stereocenters. The zero-order chi connectivity index (χ0) is 16.4. The number of hydrogen-bond acceptors (Lipinski definition) is 3. The molecule has 0 spiro atoms. The molecule has 1 fully saturated rings. The first-order chi connectivity index (χ1) is 10.9. The number of hydrogen-bond donors (Lipinski definition) is 1. The number of aromatic nitrogens is 1. The molecule has 1 aromatic heterocycles. The minimum atomic E-state index is -4.31. The summed E-state index contributed by atoms with van der Waals surface area (Å²) in [5.74, 6) is 0. The van der Waals surface area contributed by atoms with Crippen molar-refractivity contribution in [2.24, 2.45) is 0 Å². The third-order valence-electron chi connectivity index (χ3n) is 4.16. The summed E-state index contributed by atoms with van der Waals surface area (Å²) in [6, 6.07) is 6.69. The Morgan fingerprint density at radius 2 is 1.96 bits per heavy atom. The number of rotatable bonds is 3. The van der Waals surface area contributed by atoms with Gasteiger partial charge in [-0.05, 0) is 43.5 Å². The molecule has 1 saturated heterocycles. The molecule has 1 aromatic carbocycles. The molecule has 0 bridgehead atoms. The molecule has 2 atom stereocenters. The Kier molecular flexibility index (Phi) is 4.30. The summed E-state index contributed by atoms with van der Waals surface area (Å²) in [6.07, 6.45) is -0.835. The van der Waals surface area contributed by atoms with Gasteiger partial charge in [0.25, 0.3) is 5.56 Å². The molecule has 3 rings (SSSR count). The Labute approximate surface area is 130 Å². The van der Waals surface area contributed by atoms with Gasteiger partial charge in [0.2, 0.25) is 0 Å². The molecule has 1 N–H and O–H groups in total. The standard InChI is InChI=1S/C16H17F3N2O2/c17-16(18,19)12-3-1-11(2-4-12)9-13-10-14(5-7-20-13)21-15(22)6-8-23-21/h1-4,6,8,13-14,20H,5,7,9-10H2/t13-,14-/m0/s1. The van der Waals surface area contributed by atoms with Crippen LogP contribution in [0.15, 0.2) is 45.9 Å². The Bertz CT molecular complexity index is 703. The molecule has 4 nitrogen and oxygen atoms in total. The van der Waals surface area contributed by atoms with Crippen molar-refractivity contribution in [2.45, 2.75) is 37.5 Å². The number of piperidine rings is 1. The van der Waals surface area contributed by atoms with E-state index < -0.39 is 11.7 Å². The van der Waals surface area contributed by atoms with Gasteiger partial charge in [0.15, 0.2) is 0 Å². The van der Waals surface area contributed by atoms with Gasteiger partial charge in [-0.15, -0.1) is 0 Å². The molecule has 0 amide bonds. The Morgan fingerprint density at radius 1 is 1.22 bits per heavy atom. The van der Waals surface area contributed by atoms with Crippen LogP contribution in [0.25, 0.3) is 0 Å². The summed E-state index contributed by atoms with van der Waals surface area (Å²) in [6.45, 7) is 0.739. The molecular formula is C16H17F3N2O2. The van der Waals surface area contributed by atoms with Crippen LogP contribution >= 0.6 is 0 Å². The first-order valence-electron chi connectivity index (χ1n) is 7.49. The molecule has 124 valence electrons. The molecule has 2 heterocycles. The number of halogens is 3. The normalized spacial score (nSPS) is 22.2. The van der Waals surface area contributed by atoms with E-state index in [0.29, 0.717) is 12.8 Å². The molecule has 0 aliphatic carbocycles. The molecule has 7 heteroatoms. The third-order valence-corrected chi connectivity index (χ3v) is 4.16. The fraction of sp³-hybridized carbons (Fsp3) is 0.438. The summed E-state index contributed by atoms with van der Waals surface area (Å²) < 4.78 is 44.3.